The van der Waals surface area contributed by atoms with Gasteiger partial charge in [-0.3, -0.25) is 4.79 Å². The molecular weight excluding hydrogens is 288 g/mol. The van der Waals surface area contributed by atoms with Gasteiger partial charge in [0, 0.05) is 12.6 Å². The molecule has 118 valence electrons. The first-order valence-electron chi connectivity index (χ1n) is 7.59. The van der Waals surface area contributed by atoms with Crippen molar-refractivity contribution in [2.24, 2.45) is 0 Å². The van der Waals surface area contributed by atoms with Crippen LogP contribution in [-0.4, -0.2) is 19.6 Å². The molecule has 0 bridgehead atoms. The minimum atomic E-state index is -0.0161. The molecule has 0 radical (unpaired) electrons. The van der Waals surface area contributed by atoms with Crippen LogP contribution in [0.2, 0.25) is 0 Å². The van der Waals surface area contributed by atoms with Crippen LogP contribution in [0.25, 0.3) is 0 Å². The van der Waals surface area contributed by atoms with Gasteiger partial charge in [-0.2, -0.15) is 0 Å². The van der Waals surface area contributed by atoms with Crippen molar-refractivity contribution in [3.8, 4) is 5.75 Å². The Kier molecular flexibility index (Phi) is 4.06. The van der Waals surface area contributed by atoms with Crippen molar-refractivity contribution in [3.05, 3.63) is 59.7 Å². The van der Waals surface area contributed by atoms with E-state index in [1.165, 1.54) is 5.57 Å². The van der Waals surface area contributed by atoms with E-state index in [0.29, 0.717) is 12.1 Å². The first-order valence-corrected chi connectivity index (χ1v) is 7.59. The van der Waals surface area contributed by atoms with Gasteiger partial charge < -0.3 is 15.0 Å². The highest BCUT2D eigenvalue weighted by Gasteiger charge is 2.26. The number of para-hydroxylation sites is 1. The summed E-state index contributed by atoms with van der Waals surface area (Å²) in [7, 11) is 1.63. The maximum absolute atomic E-state index is 13.0. The van der Waals surface area contributed by atoms with Gasteiger partial charge in [0.1, 0.15) is 5.75 Å². The highest BCUT2D eigenvalue weighted by Crippen LogP contribution is 2.37. The Morgan fingerprint density at radius 2 is 1.96 bits per heavy atom. The van der Waals surface area contributed by atoms with Gasteiger partial charge in [0.05, 0.1) is 29.7 Å². The second kappa shape index (κ2) is 6.16. The second-order valence-electron chi connectivity index (χ2n) is 5.75. The van der Waals surface area contributed by atoms with Gasteiger partial charge in [-0.15, -0.1) is 0 Å². The van der Waals surface area contributed by atoms with Crippen LogP contribution >= 0.6 is 0 Å². The van der Waals surface area contributed by atoms with Crippen molar-refractivity contribution >= 4 is 23.0 Å². The molecule has 0 spiro atoms. The van der Waals surface area contributed by atoms with E-state index in [-0.39, 0.29) is 5.91 Å². The maximum Gasteiger partial charge on any atom is 0.260 e. The lowest BCUT2D eigenvalue weighted by Gasteiger charge is -2.22. The van der Waals surface area contributed by atoms with Gasteiger partial charge in [0.15, 0.2) is 0 Å². The molecule has 4 heteroatoms. The number of amides is 1. The van der Waals surface area contributed by atoms with Gasteiger partial charge in [-0.05, 0) is 38.1 Å². The summed E-state index contributed by atoms with van der Waals surface area (Å²) in [6.07, 6.45) is 2.05. The van der Waals surface area contributed by atoms with Crippen LogP contribution < -0.4 is 15.0 Å². The Labute approximate surface area is 136 Å². The molecule has 3 rings (SSSR count). The third-order valence-corrected chi connectivity index (χ3v) is 3.85. The predicted octanol–water partition coefficient (Wildman–Crippen LogP) is 4.37. The molecule has 1 aliphatic heterocycles. The number of carbonyl (C=O) groups is 1. The lowest BCUT2D eigenvalue weighted by Crippen LogP contribution is -2.30. The maximum atomic E-state index is 13.0. The lowest BCUT2D eigenvalue weighted by molar-refractivity contribution is 0.0991. The Balaban J connectivity index is 2.15. The molecular formula is C19H20N2O2. The highest BCUT2D eigenvalue weighted by molar-refractivity contribution is 6.13. The predicted molar refractivity (Wildman–Crippen MR) is 93.8 cm³/mol. The number of nitrogens with zero attached hydrogens (tertiary/aromatic N) is 1. The molecule has 1 N–H and O–H groups in total. The molecule has 1 heterocycles. The summed E-state index contributed by atoms with van der Waals surface area (Å²) in [5.74, 6) is 0.712. The Morgan fingerprint density at radius 1 is 1.17 bits per heavy atom. The number of anilines is 3. The van der Waals surface area contributed by atoms with Crippen LogP contribution in [-0.2, 0) is 0 Å². The van der Waals surface area contributed by atoms with Crippen LogP contribution in [0.15, 0.2) is 54.1 Å². The average Bonchev–Trinajstić information content (AvgIpc) is 2.67. The van der Waals surface area contributed by atoms with Gasteiger partial charge in [0.2, 0.25) is 0 Å². The molecule has 1 amide bonds. The summed E-state index contributed by atoms with van der Waals surface area (Å²) < 4.78 is 5.33. The fourth-order valence-corrected chi connectivity index (χ4v) is 2.60. The molecule has 0 atom stereocenters. The second-order valence-corrected chi connectivity index (χ2v) is 5.75. The zero-order valence-corrected chi connectivity index (χ0v) is 13.6. The summed E-state index contributed by atoms with van der Waals surface area (Å²) in [4.78, 5) is 14.8. The van der Waals surface area contributed by atoms with Crippen LogP contribution in [0.3, 0.4) is 0 Å². The van der Waals surface area contributed by atoms with Gasteiger partial charge >= 0.3 is 0 Å². The number of rotatable bonds is 3. The summed E-state index contributed by atoms with van der Waals surface area (Å²) in [6, 6.07) is 13.3. The monoisotopic (exact) mass is 308 g/mol. The topological polar surface area (TPSA) is 41.6 Å². The number of carbonyl (C=O) groups excluding carboxylic acids is 1. The van der Waals surface area contributed by atoms with Crippen molar-refractivity contribution in [1.29, 1.82) is 0 Å². The molecule has 2 aromatic carbocycles. The Bertz CT molecular complexity index is 777. The largest absolute Gasteiger partial charge is 0.497 e. The third kappa shape index (κ3) is 2.93. The molecule has 0 unspecified atom stereocenters. The van der Waals surface area contributed by atoms with E-state index in [0.717, 1.165) is 22.8 Å². The summed E-state index contributed by atoms with van der Waals surface area (Å²) in [5.41, 5.74) is 4.38. The first kappa shape index (κ1) is 15.2. The van der Waals surface area contributed by atoms with Crippen molar-refractivity contribution in [2.75, 3.05) is 23.9 Å². The van der Waals surface area contributed by atoms with Gasteiger partial charge in [-0.25, -0.2) is 0 Å². The normalized spacial score (nSPS) is 12.7. The van der Waals surface area contributed by atoms with Crippen LogP contribution in [0.4, 0.5) is 17.1 Å². The zero-order chi connectivity index (χ0) is 16.4. The van der Waals surface area contributed by atoms with E-state index < -0.39 is 0 Å². The third-order valence-electron chi connectivity index (χ3n) is 3.85. The fourth-order valence-electron chi connectivity index (χ4n) is 2.60. The van der Waals surface area contributed by atoms with Crippen molar-refractivity contribution < 1.29 is 9.53 Å². The molecule has 0 saturated heterocycles. The number of nitrogens with one attached hydrogen (secondary N) is 1. The number of hydrogen-bond donors (Lipinski definition) is 1. The van der Waals surface area contributed by atoms with E-state index in [9.17, 15) is 4.79 Å². The lowest BCUT2D eigenvalue weighted by atomic mass is 10.1. The van der Waals surface area contributed by atoms with E-state index >= 15 is 0 Å². The molecule has 0 saturated carbocycles. The molecule has 0 aliphatic carbocycles. The first-order chi connectivity index (χ1) is 11.1. The van der Waals surface area contributed by atoms with Crippen LogP contribution in [0.5, 0.6) is 5.75 Å². The number of hydrogen-bond acceptors (Lipinski definition) is 3. The minimum absolute atomic E-state index is 0.0161. The smallest absolute Gasteiger partial charge is 0.260 e. The van der Waals surface area contributed by atoms with Crippen molar-refractivity contribution in [2.45, 2.75) is 13.8 Å². The molecule has 1 aliphatic rings. The summed E-state index contributed by atoms with van der Waals surface area (Å²) in [5, 5.41) is 3.36. The van der Waals surface area contributed by atoms with Gasteiger partial charge in [0.25, 0.3) is 5.91 Å². The minimum Gasteiger partial charge on any atom is -0.497 e. The Morgan fingerprint density at radius 3 is 2.70 bits per heavy atom. The molecule has 23 heavy (non-hydrogen) atoms. The standard InChI is InChI=1S/C19H20N2O2/c1-13(2)10-11-21-18-12-14(23-3)8-9-17(18)20-16-7-5-4-6-15(16)19(21)22/h4-10,12,20H,11H2,1-3H3. The molecule has 4 nitrogen and oxygen atoms in total. The van der Waals surface area contributed by atoms with Crippen LogP contribution in [0.1, 0.15) is 24.2 Å². The number of allylic oxidation sites excluding steroid dienone is 1. The zero-order valence-electron chi connectivity index (χ0n) is 13.6. The van der Waals surface area contributed by atoms with E-state index in [2.05, 4.69) is 11.4 Å². The van der Waals surface area contributed by atoms with Crippen molar-refractivity contribution in [3.63, 3.8) is 0 Å². The molecule has 2 aromatic rings. The fraction of sp³-hybridized carbons (Fsp3) is 0.211. The number of fused-ring (bicyclic) bond motifs is 2. The SMILES string of the molecule is COc1ccc2c(c1)N(CC=C(C)C)C(=O)c1ccccc1N2. The number of methoxy groups -OCH3 is 1. The summed E-state index contributed by atoms with van der Waals surface area (Å²) >= 11 is 0. The molecule has 0 fully saturated rings. The van der Waals surface area contributed by atoms with E-state index in [4.69, 9.17) is 4.74 Å². The number of ether oxygens (including phenoxy) is 1. The number of benzene rings is 2. The van der Waals surface area contributed by atoms with Gasteiger partial charge in [-0.1, -0.05) is 23.8 Å². The van der Waals surface area contributed by atoms with E-state index in [1.807, 2.05) is 56.3 Å². The van der Waals surface area contributed by atoms with Crippen LogP contribution in [0, 0.1) is 0 Å². The highest BCUT2D eigenvalue weighted by atomic mass is 16.5. The van der Waals surface area contributed by atoms with E-state index in [1.54, 1.807) is 12.0 Å². The Hall–Kier alpha value is -2.75. The summed E-state index contributed by atoms with van der Waals surface area (Å²) in [6.45, 7) is 4.58. The average molecular weight is 308 g/mol. The quantitative estimate of drug-likeness (QED) is 0.856. The van der Waals surface area contributed by atoms with Crippen molar-refractivity contribution in [1.82, 2.24) is 0 Å². The molecule has 0 aromatic heterocycles.